The molecule has 0 heterocycles. The molecule has 152 valence electrons. The first-order valence-electron chi connectivity index (χ1n) is 10.2. The molecule has 0 atom stereocenters. The van der Waals surface area contributed by atoms with E-state index >= 15 is 0 Å². The van der Waals surface area contributed by atoms with Crippen LogP contribution in [-0.4, -0.2) is 29.6 Å². The second-order valence-electron chi connectivity index (χ2n) is 7.11. The quantitative estimate of drug-likeness (QED) is 0.522. The molecule has 0 amide bonds. The highest BCUT2D eigenvalue weighted by Gasteiger charge is 2.30. The van der Waals surface area contributed by atoms with Crippen LogP contribution in [0.3, 0.4) is 0 Å². The second-order valence-corrected chi connectivity index (χ2v) is 7.11. The van der Waals surface area contributed by atoms with Crippen molar-refractivity contribution in [3.05, 3.63) is 71.8 Å². The lowest BCUT2D eigenvalue weighted by Crippen LogP contribution is -2.28. The zero-order valence-electron chi connectivity index (χ0n) is 17.2. The molecule has 1 N–H and O–H groups in total. The first-order chi connectivity index (χ1) is 13.2. The number of halogens is 1. The predicted molar refractivity (Wildman–Crippen MR) is 122 cm³/mol. The Morgan fingerprint density at radius 1 is 0.786 bits per heavy atom. The number of rotatable bonds is 10. The molecule has 0 fully saturated rings. The lowest BCUT2D eigenvalue weighted by Gasteiger charge is -2.27. The van der Waals surface area contributed by atoms with Crippen LogP contribution >= 0.6 is 12.4 Å². The van der Waals surface area contributed by atoms with E-state index in [2.05, 4.69) is 30.6 Å². The van der Waals surface area contributed by atoms with E-state index in [1.807, 2.05) is 60.7 Å². The standard InChI is InChI=1S/C25H33NO.ClH/c1-3-5-20-26(21-6-4-2)22-14-13-19-25(27,23-15-9-7-10-16-23)24-17-11-8-12-18-24;/h7-12,15-18,27H,3-6,19-22H2,1-2H3;1H. The normalized spacial score (nSPS) is 10.9. The van der Waals surface area contributed by atoms with Gasteiger partial charge in [0.15, 0.2) is 0 Å². The minimum Gasteiger partial charge on any atom is -0.379 e. The fourth-order valence-electron chi connectivity index (χ4n) is 3.19. The lowest BCUT2D eigenvalue weighted by molar-refractivity contribution is 0.0864. The fourth-order valence-corrected chi connectivity index (χ4v) is 3.19. The molecule has 0 aliphatic carbocycles. The molecule has 0 saturated heterocycles. The van der Waals surface area contributed by atoms with Gasteiger partial charge in [-0.1, -0.05) is 99.2 Å². The summed E-state index contributed by atoms with van der Waals surface area (Å²) >= 11 is 0. The summed E-state index contributed by atoms with van der Waals surface area (Å²) in [7, 11) is 0. The number of nitrogens with zero attached hydrogens (tertiary/aromatic N) is 1. The van der Waals surface area contributed by atoms with Gasteiger partial charge in [-0.25, -0.2) is 0 Å². The topological polar surface area (TPSA) is 23.5 Å². The van der Waals surface area contributed by atoms with Gasteiger partial charge >= 0.3 is 0 Å². The molecule has 0 aliphatic heterocycles. The molecule has 0 unspecified atom stereocenters. The minimum atomic E-state index is -1.08. The third-order valence-electron chi connectivity index (χ3n) is 4.93. The predicted octanol–water partition coefficient (Wildman–Crippen LogP) is 5.64. The average Bonchev–Trinajstić information content (AvgIpc) is 2.73. The van der Waals surface area contributed by atoms with Crippen molar-refractivity contribution in [2.75, 3.05) is 19.6 Å². The SMILES string of the molecule is CCCCN(CC#CCC(O)(c1ccccc1)c1ccccc1)CCCC.Cl. The summed E-state index contributed by atoms with van der Waals surface area (Å²) in [4.78, 5) is 2.43. The average molecular weight is 400 g/mol. The van der Waals surface area contributed by atoms with E-state index in [-0.39, 0.29) is 12.4 Å². The van der Waals surface area contributed by atoms with Crippen molar-refractivity contribution in [2.45, 2.75) is 51.6 Å². The molecular formula is C25H34ClNO. The number of unbranched alkanes of at least 4 members (excludes halogenated alkanes) is 2. The van der Waals surface area contributed by atoms with E-state index in [1.54, 1.807) is 0 Å². The van der Waals surface area contributed by atoms with Crippen LogP contribution in [0.1, 0.15) is 57.1 Å². The Balaban J connectivity index is 0.00000392. The maximum absolute atomic E-state index is 11.5. The summed E-state index contributed by atoms with van der Waals surface area (Å²) in [5.41, 5.74) is 0.700. The Morgan fingerprint density at radius 3 is 1.68 bits per heavy atom. The highest BCUT2D eigenvalue weighted by Crippen LogP contribution is 2.32. The van der Waals surface area contributed by atoms with E-state index in [1.165, 1.54) is 25.7 Å². The van der Waals surface area contributed by atoms with Gasteiger partial charge in [0.2, 0.25) is 0 Å². The highest BCUT2D eigenvalue weighted by atomic mass is 35.5. The molecule has 2 aromatic rings. The van der Waals surface area contributed by atoms with Gasteiger partial charge in [0.05, 0.1) is 6.54 Å². The third kappa shape index (κ3) is 7.32. The smallest absolute Gasteiger partial charge is 0.125 e. The fraction of sp³-hybridized carbons (Fsp3) is 0.440. The second kappa shape index (κ2) is 13.4. The number of aliphatic hydroxyl groups is 1. The Kier molecular flexibility index (Phi) is 11.6. The summed E-state index contributed by atoms with van der Waals surface area (Å²) in [6.07, 6.45) is 5.23. The Hall–Kier alpha value is -1.79. The zero-order valence-corrected chi connectivity index (χ0v) is 18.0. The summed E-state index contributed by atoms with van der Waals surface area (Å²) in [6, 6.07) is 19.7. The van der Waals surface area contributed by atoms with Crippen LogP contribution in [0.25, 0.3) is 0 Å². The first kappa shape index (κ1) is 24.2. The molecule has 0 aliphatic rings. The molecule has 3 heteroatoms. The monoisotopic (exact) mass is 399 g/mol. The Morgan fingerprint density at radius 2 is 1.25 bits per heavy atom. The van der Waals surface area contributed by atoms with Crippen LogP contribution < -0.4 is 0 Å². The summed E-state index contributed by atoms with van der Waals surface area (Å²) in [5.74, 6) is 6.58. The van der Waals surface area contributed by atoms with E-state index in [0.717, 1.165) is 30.8 Å². The first-order valence-corrected chi connectivity index (χ1v) is 10.2. The van der Waals surface area contributed by atoms with Gasteiger partial charge in [-0.2, -0.15) is 0 Å². The maximum Gasteiger partial charge on any atom is 0.125 e. The number of hydrogen-bond donors (Lipinski definition) is 1. The molecule has 0 aromatic heterocycles. The molecule has 28 heavy (non-hydrogen) atoms. The van der Waals surface area contributed by atoms with Gasteiger partial charge in [0, 0.05) is 6.42 Å². The van der Waals surface area contributed by atoms with E-state index in [9.17, 15) is 5.11 Å². The van der Waals surface area contributed by atoms with Gasteiger partial charge < -0.3 is 5.11 Å². The molecule has 0 radical (unpaired) electrons. The molecule has 2 nitrogen and oxygen atoms in total. The maximum atomic E-state index is 11.5. The van der Waals surface area contributed by atoms with Crippen LogP contribution in [-0.2, 0) is 5.60 Å². The summed E-state index contributed by atoms with van der Waals surface area (Å²) in [6.45, 7) is 7.44. The lowest BCUT2D eigenvalue weighted by atomic mass is 9.84. The van der Waals surface area contributed by atoms with Crippen LogP contribution in [0.2, 0.25) is 0 Å². The summed E-state index contributed by atoms with van der Waals surface area (Å²) < 4.78 is 0. The molecule has 0 saturated carbocycles. The Labute approximate surface area is 177 Å². The van der Waals surface area contributed by atoms with Crippen LogP contribution in [0.15, 0.2) is 60.7 Å². The number of hydrogen-bond acceptors (Lipinski definition) is 2. The van der Waals surface area contributed by atoms with Crippen molar-refractivity contribution in [3.8, 4) is 11.8 Å². The van der Waals surface area contributed by atoms with Crippen molar-refractivity contribution < 1.29 is 5.11 Å². The van der Waals surface area contributed by atoms with Crippen molar-refractivity contribution in [1.29, 1.82) is 0 Å². The van der Waals surface area contributed by atoms with Crippen LogP contribution in [0.5, 0.6) is 0 Å². The zero-order chi connectivity index (χ0) is 19.4. The van der Waals surface area contributed by atoms with E-state index in [0.29, 0.717) is 6.42 Å². The Bertz CT molecular complexity index is 658. The van der Waals surface area contributed by atoms with Gasteiger partial charge in [0.25, 0.3) is 0 Å². The highest BCUT2D eigenvalue weighted by molar-refractivity contribution is 5.85. The summed E-state index contributed by atoms with van der Waals surface area (Å²) in [5, 5.41) is 11.5. The molecular weight excluding hydrogens is 366 g/mol. The molecule has 2 rings (SSSR count). The van der Waals surface area contributed by atoms with Crippen molar-refractivity contribution in [1.82, 2.24) is 4.90 Å². The van der Waals surface area contributed by atoms with Crippen LogP contribution in [0, 0.1) is 11.8 Å². The molecule has 0 bridgehead atoms. The number of benzene rings is 2. The van der Waals surface area contributed by atoms with Gasteiger partial charge in [-0.3, -0.25) is 4.90 Å². The third-order valence-corrected chi connectivity index (χ3v) is 4.93. The minimum absolute atomic E-state index is 0. The molecule has 2 aromatic carbocycles. The van der Waals surface area contributed by atoms with E-state index in [4.69, 9.17) is 0 Å². The van der Waals surface area contributed by atoms with E-state index < -0.39 is 5.60 Å². The van der Waals surface area contributed by atoms with Crippen LogP contribution in [0.4, 0.5) is 0 Å². The molecule has 0 spiro atoms. The van der Waals surface area contributed by atoms with Gasteiger partial charge in [0.1, 0.15) is 5.60 Å². The van der Waals surface area contributed by atoms with Crippen molar-refractivity contribution >= 4 is 12.4 Å². The van der Waals surface area contributed by atoms with Gasteiger partial charge in [-0.15, -0.1) is 12.4 Å². The van der Waals surface area contributed by atoms with Crippen molar-refractivity contribution in [3.63, 3.8) is 0 Å². The van der Waals surface area contributed by atoms with Crippen molar-refractivity contribution in [2.24, 2.45) is 0 Å². The largest absolute Gasteiger partial charge is 0.379 e. The van der Waals surface area contributed by atoms with Gasteiger partial charge in [-0.05, 0) is 37.1 Å².